The highest BCUT2D eigenvalue weighted by molar-refractivity contribution is 7.98. The third-order valence-electron chi connectivity index (χ3n) is 5.63. The summed E-state index contributed by atoms with van der Waals surface area (Å²) in [7, 11) is -2.92. The summed E-state index contributed by atoms with van der Waals surface area (Å²) in [5.41, 5.74) is 3.74. The van der Waals surface area contributed by atoms with Crippen molar-refractivity contribution in [3.8, 4) is 0 Å². The van der Waals surface area contributed by atoms with E-state index in [1.165, 1.54) is 29.0 Å². The molecule has 7 nitrogen and oxygen atoms in total. The molecule has 1 atom stereocenters. The van der Waals surface area contributed by atoms with E-state index in [9.17, 15) is 13.2 Å². The van der Waals surface area contributed by atoms with E-state index in [1.54, 1.807) is 0 Å². The van der Waals surface area contributed by atoms with E-state index in [4.69, 9.17) is 8.83 Å². The fourth-order valence-corrected chi connectivity index (χ4v) is 6.85. The Labute approximate surface area is 171 Å². The minimum atomic E-state index is -2.92. The van der Waals surface area contributed by atoms with Crippen LogP contribution in [0.2, 0.25) is 0 Å². The molecule has 2 aromatic heterocycles. The Morgan fingerprint density at radius 2 is 1.93 bits per heavy atom. The molecular weight excluding hydrogens is 412 g/mol. The molecule has 0 radical (unpaired) electrons. The number of nitrogens with zero attached hydrogens (tertiary/aromatic N) is 2. The standard InChI is InChI=1S/C20H20N2O5S2/c23-19-9-15(16-7-13-2-1-3-14(13)8-17(16)26-19)10-28-20-22-21-18(27-20)6-12-4-5-29(24,25)11-12/h7-9,12H,1-6,10-11H2. The van der Waals surface area contributed by atoms with Crippen LogP contribution >= 0.6 is 11.8 Å². The lowest BCUT2D eigenvalue weighted by atomic mass is 10.0. The number of aromatic nitrogens is 2. The molecular formula is C20H20N2O5S2. The third kappa shape index (κ3) is 3.98. The van der Waals surface area contributed by atoms with Gasteiger partial charge in [-0.15, -0.1) is 10.2 Å². The van der Waals surface area contributed by atoms with Gasteiger partial charge in [-0.1, -0.05) is 11.8 Å². The Hall–Kier alpha value is -2.13. The molecule has 3 heterocycles. The van der Waals surface area contributed by atoms with Crippen LogP contribution in [0.1, 0.15) is 35.4 Å². The first-order chi connectivity index (χ1) is 13.9. The van der Waals surface area contributed by atoms with Crippen molar-refractivity contribution in [2.24, 2.45) is 5.92 Å². The Kier molecular flexibility index (Phi) is 4.74. The molecule has 1 aliphatic carbocycles. The molecule has 0 N–H and O–H groups in total. The number of rotatable bonds is 5. The molecule has 3 aromatic rings. The molecule has 0 amide bonds. The SMILES string of the molecule is O=c1cc(CSc2nnc(CC3CCS(=O)(=O)C3)o2)c2cc3c(cc2o1)CCC3. The second-order valence-corrected chi connectivity index (χ2v) is 10.9. The first-order valence-corrected chi connectivity index (χ1v) is 12.5. The highest BCUT2D eigenvalue weighted by Crippen LogP contribution is 2.31. The van der Waals surface area contributed by atoms with Crippen LogP contribution in [-0.4, -0.2) is 30.1 Å². The summed E-state index contributed by atoms with van der Waals surface area (Å²) in [5.74, 6) is 1.45. The summed E-state index contributed by atoms with van der Waals surface area (Å²) in [6, 6.07) is 5.65. The van der Waals surface area contributed by atoms with Crippen LogP contribution in [0.15, 0.2) is 37.1 Å². The van der Waals surface area contributed by atoms with E-state index in [2.05, 4.69) is 16.3 Å². The summed E-state index contributed by atoms with van der Waals surface area (Å²) in [5, 5.41) is 9.49. The smallest absolute Gasteiger partial charge is 0.336 e. The Balaban J connectivity index is 1.32. The average molecular weight is 433 g/mol. The highest BCUT2D eigenvalue weighted by atomic mass is 32.2. The topological polar surface area (TPSA) is 103 Å². The number of sulfone groups is 1. The van der Waals surface area contributed by atoms with E-state index < -0.39 is 9.84 Å². The van der Waals surface area contributed by atoms with Crippen LogP contribution in [0.4, 0.5) is 0 Å². The molecule has 0 saturated carbocycles. The van der Waals surface area contributed by atoms with Gasteiger partial charge in [0, 0.05) is 23.6 Å². The third-order valence-corrected chi connectivity index (χ3v) is 8.34. The molecule has 29 heavy (non-hydrogen) atoms. The normalized spacial score (nSPS) is 20.3. The molecule has 1 aromatic carbocycles. The molecule has 1 fully saturated rings. The summed E-state index contributed by atoms with van der Waals surface area (Å²) in [6.07, 6.45) is 4.34. The van der Waals surface area contributed by atoms with Gasteiger partial charge in [-0.25, -0.2) is 13.2 Å². The van der Waals surface area contributed by atoms with Gasteiger partial charge in [0.15, 0.2) is 9.84 Å². The first kappa shape index (κ1) is 18.9. The van der Waals surface area contributed by atoms with Gasteiger partial charge in [0.25, 0.3) is 5.22 Å². The second-order valence-electron chi connectivity index (χ2n) is 7.78. The Morgan fingerprint density at radius 3 is 2.72 bits per heavy atom. The van der Waals surface area contributed by atoms with Gasteiger partial charge in [0.2, 0.25) is 5.89 Å². The van der Waals surface area contributed by atoms with Crippen molar-refractivity contribution < 1.29 is 17.3 Å². The zero-order chi connectivity index (χ0) is 20.0. The van der Waals surface area contributed by atoms with Crippen molar-refractivity contribution in [1.29, 1.82) is 0 Å². The van der Waals surface area contributed by atoms with E-state index in [0.717, 1.165) is 30.2 Å². The van der Waals surface area contributed by atoms with Crippen LogP contribution in [-0.2, 0) is 34.9 Å². The molecule has 5 rings (SSSR count). The summed E-state index contributed by atoms with van der Waals surface area (Å²) < 4.78 is 34.3. The van der Waals surface area contributed by atoms with E-state index >= 15 is 0 Å². The molecule has 2 aliphatic rings. The summed E-state index contributed by atoms with van der Waals surface area (Å²) >= 11 is 1.37. The van der Waals surface area contributed by atoms with Crippen LogP contribution in [0.25, 0.3) is 11.0 Å². The molecule has 1 unspecified atom stereocenters. The van der Waals surface area contributed by atoms with E-state index in [1.807, 2.05) is 6.07 Å². The van der Waals surface area contributed by atoms with Gasteiger partial charge in [0.1, 0.15) is 5.58 Å². The maximum atomic E-state index is 12.0. The molecule has 1 aliphatic heterocycles. The molecule has 0 bridgehead atoms. The quantitative estimate of drug-likeness (QED) is 0.448. The van der Waals surface area contributed by atoms with Crippen molar-refractivity contribution in [2.75, 3.05) is 11.5 Å². The van der Waals surface area contributed by atoms with E-state index in [-0.39, 0.29) is 23.0 Å². The predicted octanol–water partition coefficient (Wildman–Crippen LogP) is 2.93. The Morgan fingerprint density at radius 1 is 1.10 bits per heavy atom. The van der Waals surface area contributed by atoms with E-state index in [0.29, 0.717) is 35.3 Å². The lowest BCUT2D eigenvalue weighted by molar-refractivity contribution is 0.389. The van der Waals surface area contributed by atoms with Crippen LogP contribution < -0.4 is 5.63 Å². The van der Waals surface area contributed by atoms with Crippen LogP contribution in [0, 0.1) is 5.92 Å². The fourth-order valence-electron chi connectivity index (χ4n) is 4.21. The van der Waals surface area contributed by atoms with Crippen molar-refractivity contribution in [3.05, 3.63) is 51.2 Å². The first-order valence-electron chi connectivity index (χ1n) is 9.69. The zero-order valence-corrected chi connectivity index (χ0v) is 17.4. The largest absolute Gasteiger partial charge is 0.423 e. The molecule has 1 saturated heterocycles. The minimum Gasteiger partial charge on any atom is -0.423 e. The minimum absolute atomic E-state index is 0.0445. The maximum Gasteiger partial charge on any atom is 0.336 e. The number of hydrogen-bond acceptors (Lipinski definition) is 8. The maximum absolute atomic E-state index is 12.0. The van der Waals surface area contributed by atoms with Crippen molar-refractivity contribution in [3.63, 3.8) is 0 Å². The number of hydrogen-bond donors (Lipinski definition) is 0. The van der Waals surface area contributed by atoms with Crippen molar-refractivity contribution in [2.45, 2.75) is 43.1 Å². The van der Waals surface area contributed by atoms with Gasteiger partial charge >= 0.3 is 5.63 Å². The van der Waals surface area contributed by atoms with Gasteiger partial charge in [-0.3, -0.25) is 0 Å². The number of aryl methyl sites for hydroxylation is 2. The lowest BCUT2D eigenvalue weighted by Crippen LogP contribution is -2.07. The van der Waals surface area contributed by atoms with Gasteiger partial charge in [-0.05, 0) is 60.4 Å². The number of thioether (sulfide) groups is 1. The highest BCUT2D eigenvalue weighted by Gasteiger charge is 2.29. The predicted molar refractivity (Wildman–Crippen MR) is 109 cm³/mol. The van der Waals surface area contributed by atoms with Gasteiger partial charge < -0.3 is 8.83 Å². The average Bonchev–Trinajstić information content (AvgIpc) is 3.38. The van der Waals surface area contributed by atoms with Gasteiger partial charge in [-0.2, -0.15) is 0 Å². The summed E-state index contributed by atoms with van der Waals surface area (Å²) in [6.45, 7) is 0. The number of fused-ring (bicyclic) bond motifs is 2. The van der Waals surface area contributed by atoms with Crippen LogP contribution in [0.5, 0.6) is 0 Å². The van der Waals surface area contributed by atoms with Crippen LogP contribution in [0.3, 0.4) is 0 Å². The molecule has 9 heteroatoms. The monoisotopic (exact) mass is 432 g/mol. The van der Waals surface area contributed by atoms with Crippen molar-refractivity contribution >= 4 is 32.6 Å². The number of benzene rings is 1. The van der Waals surface area contributed by atoms with Gasteiger partial charge in [0.05, 0.1) is 11.5 Å². The summed E-state index contributed by atoms with van der Waals surface area (Å²) in [4.78, 5) is 12.0. The van der Waals surface area contributed by atoms with Crippen molar-refractivity contribution in [1.82, 2.24) is 10.2 Å². The zero-order valence-electron chi connectivity index (χ0n) is 15.7. The molecule has 152 valence electrons. The second kappa shape index (κ2) is 7.28. The fraction of sp³-hybridized carbons (Fsp3) is 0.450. The Bertz CT molecular complexity index is 1250. The molecule has 0 spiro atoms. The lowest BCUT2D eigenvalue weighted by Gasteiger charge is -2.07.